The van der Waals surface area contributed by atoms with Crippen molar-refractivity contribution in [2.24, 2.45) is 0 Å². The van der Waals surface area contributed by atoms with Gasteiger partial charge in [0.15, 0.2) is 0 Å². The van der Waals surface area contributed by atoms with Crippen LogP contribution in [-0.4, -0.2) is 49.1 Å². The number of nitrogens with one attached hydrogen (secondary N) is 2. The number of halogens is 1. The SMILES string of the molecule is CN(CCCc1cc(-c2ccc(F)cc2)n[nH]1)C(=O)C=Cc1ccc(S(=O)(=O)NC2CC2)cc1. The van der Waals surface area contributed by atoms with Crippen molar-refractivity contribution in [1.82, 2.24) is 19.8 Å². The summed E-state index contributed by atoms with van der Waals surface area (Å²) < 4.78 is 40.2. The molecule has 4 rings (SSSR count). The number of benzene rings is 2. The van der Waals surface area contributed by atoms with Crippen LogP contribution in [0.5, 0.6) is 0 Å². The molecule has 1 saturated carbocycles. The number of aromatic nitrogens is 2. The highest BCUT2D eigenvalue weighted by Crippen LogP contribution is 2.22. The molecule has 0 saturated heterocycles. The van der Waals surface area contributed by atoms with Crippen molar-refractivity contribution in [1.29, 1.82) is 0 Å². The maximum atomic E-state index is 13.1. The van der Waals surface area contributed by atoms with E-state index < -0.39 is 10.0 Å². The first-order valence-electron chi connectivity index (χ1n) is 11.2. The predicted octanol–water partition coefficient (Wildman–Crippen LogP) is 3.76. The van der Waals surface area contributed by atoms with Crippen molar-refractivity contribution in [3.63, 3.8) is 0 Å². The molecule has 0 unspecified atom stereocenters. The van der Waals surface area contributed by atoms with E-state index in [0.29, 0.717) is 6.54 Å². The molecule has 0 aliphatic heterocycles. The zero-order chi connectivity index (χ0) is 24.1. The fourth-order valence-corrected chi connectivity index (χ4v) is 4.72. The van der Waals surface area contributed by atoms with Crippen molar-refractivity contribution in [2.75, 3.05) is 13.6 Å². The van der Waals surface area contributed by atoms with Gasteiger partial charge < -0.3 is 4.90 Å². The van der Waals surface area contributed by atoms with Crippen LogP contribution in [0.15, 0.2) is 65.6 Å². The lowest BCUT2D eigenvalue weighted by atomic mass is 10.1. The summed E-state index contributed by atoms with van der Waals surface area (Å²) in [6.45, 7) is 0.568. The number of carbonyl (C=O) groups is 1. The summed E-state index contributed by atoms with van der Waals surface area (Å²) in [4.78, 5) is 14.3. The summed E-state index contributed by atoms with van der Waals surface area (Å²) in [6, 6.07) is 14.6. The van der Waals surface area contributed by atoms with Gasteiger partial charge in [-0.1, -0.05) is 12.1 Å². The van der Waals surface area contributed by atoms with Gasteiger partial charge in [0.1, 0.15) is 5.82 Å². The number of hydrogen-bond donors (Lipinski definition) is 2. The van der Waals surface area contributed by atoms with Crippen LogP contribution in [0.1, 0.15) is 30.5 Å². The summed E-state index contributed by atoms with van der Waals surface area (Å²) in [6.07, 6.45) is 6.40. The molecule has 34 heavy (non-hydrogen) atoms. The van der Waals surface area contributed by atoms with E-state index in [-0.39, 0.29) is 22.7 Å². The molecule has 9 heteroatoms. The molecule has 0 radical (unpaired) electrons. The largest absolute Gasteiger partial charge is 0.342 e. The van der Waals surface area contributed by atoms with Gasteiger partial charge in [-0.3, -0.25) is 9.89 Å². The first kappa shape index (κ1) is 23.8. The van der Waals surface area contributed by atoms with E-state index in [9.17, 15) is 17.6 Å². The molecule has 1 fully saturated rings. The summed E-state index contributed by atoms with van der Waals surface area (Å²) in [7, 11) is -1.74. The molecule has 7 nitrogen and oxygen atoms in total. The molecule has 1 aliphatic carbocycles. The number of hydrogen-bond acceptors (Lipinski definition) is 4. The number of nitrogens with zero attached hydrogens (tertiary/aromatic N) is 2. The summed E-state index contributed by atoms with van der Waals surface area (Å²) in [5.74, 6) is -0.420. The van der Waals surface area contributed by atoms with Gasteiger partial charge in [0, 0.05) is 37.0 Å². The fraction of sp³-hybridized carbons (Fsp3) is 0.280. The van der Waals surface area contributed by atoms with E-state index in [2.05, 4.69) is 14.9 Å². The molecule has 1 aliphatic rings. The van der Waals surface area contributed by atoms with Crippen LogP contribution >= 0.6 is 0 Å². The average Bonchev–Trinajstić information content (AvgIpc) is 3.50. The maximum absolute atomic E-state index is 13.1. The van der Waals surface area contributed by atoms with Gasteiger partial charge in [-0.2, -0.15) is 5.10 Å². The highest BCUT2D eigenvalue weighted by Gasteiger charge is 2.27. The Morgan fingerprint density at radius 3 is 2.56 bits per heavy atom. The Bertz CT molecular complexity index is 1260. The minimum Gasteiger partial charge on any atom is -0.342 e. The Labute approximate surface area is 198 Å². The molecule has 2 aromatic carbocycles. The van der Waals surface area contributed by atoms with Crippen LogP contribution in [0.25, 0.3) is 17.3 Å². The molecule has 0 atom stereocenters. The van der Waals surface area contributed by atoms with Crippen molar-refractivity contribution >= 4 is 22.0 Å². The second kappa shape index (κ2) is 10.3. The molecule has 0 bridgehead atoms. The molecule has 178 valence electrons. The van der Waals surface area contributed by atoms with Crippen molar-refractivity contribution in [2.45, 2.75) is 36.6 Å². The number of amides is 1. The van der Waals surface area contributed by atoms with Crippen molar-refractivity contribution < 1.29 is 17.6 Å². The highest BCUT2D eigenvalue weighted by molar-refractivity contribution is 7.89. The molecular formula is C25H27FN4O3S. The van der Waals surface area contributed by atoms with Gasteiger partial charge >= 0.3 is 0 Å². The monoisotopic (exact) mass is 482 g/mol. The normalized spacial score (nSPS) is 13.9. The summed E-state index contributed by atoms with van der Waals surface area (Å²) in [5.41, 5.74) is 3.29. The van der Waals surface area contributed by atoms with Gasteiger partial charge in [-0.15, -0.1) is 0 Å². The first-order valence-corrected chi connectivity index (χ1v) is 12.6. The van der Waals surface area contributed by atoms with E-state index in [1.54, 1.807) is 54.4 Å². The van der Waals surface area contributed by atoms with Crippen LogP contribution in [0.4, 0.5) is 4.39 Å². The smallest absolute Gasteiger partial charge is 0.246 e. The fourth-order valence-electron chi connectivity index (χ4n) is 3.42. The Kier molecular flexibility index (Phi) is 7.23. The Morgan fingerprint density at radius 2 is 1.88 bits per heavy atom. The molecule has 1 aromatic heterocycles. The molecule has 1 heterocycles. The number of H-pyrrole nitrogens is 1. The number of aryl methyl sites for hydroxylation is 1. The number of likely N-dealkylation sites (N-methyl/N-ethyl adjacent to an activating group) is 1. The zero-order valence-electron chi connectivity index (χ0n) is 18.9. The topological polar surface area (TPSA) is 95.2 Å². The minimum atomic E-state index is -3.48. The van der Waals surface area contributed by atoms with Crippen LogP contribution in [0.2, 0.25) is 0 Å². The van der Waals surface area contributed by atoms with Crippen LogP contribution in [0.3, 0.4) is 0 Å². The van der Waals surface area contributed by atoms with Crippen LogP contribution in [-0.2, 0) is 21.2 Å². The Hall–Kier alpha value is -3.30. The highest BCUT2D eigenvalue weighted by atomic mass is 32.2. The van der Waals surface area contributed by atoms with E-state index in [1.807, 2.05) is 6.07 Å². The van der Waals surface area contributed by atoms with E-state index in [4.69, 9.17) is 0 Å². The lowest BCUT2D eigenvalue weighted by molar-refractivity contribution is -0.124. The third-order valence-corrected chi connectivity index (χ3v) is 7.13. The molecule has 3 aromatic rings. The molecule has 2 N–H and O–H groups in total. The second-order valence-electron chi connectivity index (χ2n) is 8.45. The lowest BCUT2D eigenvalue weighted by Crippen LogP contribution is -2.26. The van der Waals surface area contributed by atoms with Gasteiger partial charge in [0.05, 0.1) is 10.6 Å². The zero-order valence-corrected chi connectivity index (χ0v) is 19.7. The summed E-state index contributed by atoms with van der Waals surface area (Å²) in [5, 5.41) is 7.26. The van der Waals surface area contributed by atoms with E-state index in [1.165, 1.54) is 18.2 Å². The van der Waals surface area contributed by atoms with Gasteiger partial charge in [-0.05, 0) is 79.8 Å². The van der Waals surface area contributed by atoms with Crippen LogP contribution < -0.4 is 4.72 Å². The van der Waals surface area contributed by atoms with E-state index in [0.717, 1.165) is 48.2 Å². The average molecular weight is 483 g/mol. The third-order valence-electron chi connectivity index (χ3n) is 5.59. The lowest BCUT2D eigenvalue weighted by Gasteiger charge is -2.14. The Morgan fingerprint density at radius 1 is 1.18 bits per heavy atom. The molecule has 0 spiro atoms. The number of carbonyl (C=O) groups excluding carboxylic acids is 1. The standard InChI is InChI=1S/C25H27FN4O3S/c1-30(16-2-3-22-17-24(28-27-22)19-7-9-20(26)10-8-19)25(31)15-6-18-4-13-23(14-5-18)34(32,33)29-21-11-12-21/h4-10,13-15,17,21,29H,2-3,11-12,16H2,1H3,(H,27,28). The quantitative estimate of drug-likeness (QED) is 0.430. The second-order valence-corrected chi connectivity index (χ2v) is 10.2. The van der Waals surface area contributed by atoms with Crippen molar-refractivity contribution in [3.8, 4) is 11.3 Å². The minimum absolute atomic E-state index is 0.0582. The first-order chi connectivity index (χ1) is 16.3. The maximum Gasteiger partial charge on any atom is 0.246 e. The van der Waals surface area contributed by atoms with Crippen LogP contribution in [0, 0.1) is 5.82 Å². The van der Waals surface area contributed by atoms with Gasteiger partial charge in [0.2, 0.25) is 15.9 Å². The van der Waals surface area contributed by atoms with Gasteiger partial charge in [-0.25, -0.2) is 17.5 Å². The number of aromatic amines is 1. The van der Waals surface area contributed by atoms with E-state index >= 15 is 0 Å². The Balaban J connectivity index is 1.24. The summed E-state index contributed by atoms with van der Waals surface area (Å²) >= 11 is 0. The van der Waals surface area contributed by atoms with Crippen molar-refractivity contribution in [3.05, 3.63) is 77.7 Å². The number of sulfonamides is 1. The van der Waals surface area contributed by atoms with Gasteiger partial charge in [0.25, 0.3) is 0 Å². The third kappa shape index (κ3) is 6.39. The molecule has 1 amide bonds. The molecular weight excluding hydrogens is 455 g/mol. The number of rotatable bonds is 10. The predicted molar refractivity (Wildman–Crippen MR) is 129 cm³/mol.